The van der Waals surface area contributed by atoms with Crippen LogP contribution in [0.15, 0.2) is 11.0 Å². The lowest BCUT2D eigenvalue weighted by Crippen LogP contribution is -2.45. The Morgan fingerprint density at radius 1 is 1.23 bits per heavy atom. The van der Waals surface area contributed by atoms with Gasteiger partial charge in [-0.2, -0.15) is 0 Å². The van der Waals surface area contributed by atoms with Crippen LogP contribution in [0.2, 0.25) is 0 Å². The van der Waals surface area contributed by atoms with E-state index in [0.717, 1.165) is 6.20 Å². The van der Waals surface area contributed by atoms with Gasteiger partial charge in [-0.1, -0.05) is 0 Å². The van der Waals surface area contributed by atoms with Crippen LogP contribution in [0, 0.1) is 11.6 Å². The number of hydrogen-bond acceptors (Lipinski definition) is 5. The van der Waals surface area contributed by atoms with E-state index in [4.69, 9.17) is 5.73 Å². The van der Waals surface area contributed by atoms with Gasteiger partial charge in [0.1, 0.15) is 11.3 Å². The number of halogens is 2. The molecule has 0 spiro atoms. The monoisotopic (exact) mass is 366 g/mol. The van der Waals surface area contributed by atoms with Gasteiger partial charge in [0, 0.05) is 38.9 Å². The Morgan fingerprint density at radius 3 is 2.38 bits per heavy atom. The first-order valence-electron chi connectivity index (χ1n) is 8.28. The van der Waals surface area contributed by atoms with Crippen molar-refractivity contribution in [2.24, 2.45) is 0 Å². The van der Waals surface area contributed by atoms with Crippen molar-refractivity contribution in [2.75, 3.05) is 43.9 Å². The molecule has 2 aromatic rings. The number of hydrogen-bond donors (Lipinski definition) is 2. The van der Waals surface area contributed by atoms with Crippen molar-refractivity contribution in [2.45, 2.75) is 13.5 Å². The molecule has 1 aromatic carbocycles. The summed E-state index contributed by atoms with van der Waals surface area (Å²) in [4.78, 5) is 27.4. The van der Waals surface area contributed by atoms with Crippen molar-refractivity contribution in [3.8, 4) is 0 Å². The molecule has 1 saturated heterocycles. The van der Waals surface area contributed by atoms with Crippen molar-refractivity contribution in [1.82, 2.24) is 9.47 Å². The van der Waals surface area contributed by atoms with Gasteiger partial charge in [0.15, 0.2) is 11.6 Å². The van der Waals surface area contributed by atoms with Crippen molar-refractivity contribution in [1.29, 1.82) is 0 Å². The average Bonchev–Trinajstić information content (AvgIpc) is 2.60. The third kappa shape index (κ3) is 2.68. The van der Waals surface area contributed by atoms with Crippen molar-refractivity contribution >= 4 is 28.2 Å². The first kappa shape index (κ1) is 18.1. The number of carbonyl (C=O) groups is 1. The molecule has 0 unspecified atom stereocenters. The van der Waals surface area contributed by atoms with Crippen LogP contribution in [0.25, 0.3) is 10.9 Å². The number of nitrogens with zero attached hydrogens (tertiary/aromatic N) is 3. The Kier molecular flexibility index (Phi) is 4.57. The minimum absolute atomic E-state index is 0.171. The number of aryl methyl sites for hydroxylation is 1. The maximum atomic E-state index is 15.3. The zero-order valence-corrected chi connectivity index (χ0v) is 14.6. The van der Waals surface area contributed by atoms with E-state index in [2.05, 4.69) is 0 Å². The van der Waals surface area contributed by atoms with E-state index in [1.54, 1.807) is 11.8 Å². The van der Waals surface area contributed by atoms with Gasteiger partial charge in [0.05, 0.1) is 16.6 Å². The molecule has 2 heterocycles. The first-order valence-corrected chi connectivity index (χ1v) is 8.28. The maximum Gasteiger partial charge on any atom is 0.341 e. The second kappa shape index (κ2) is 6.56. The summed E-state index contributed by atoms with van der Waals surface area (Å²) >= 11 is 0. The van der Waals surface area contributed by atoms with Crippen LogP contribution in [-0.4, -0.2) is 53.8 Å². The van der Waals surface area contributed by atoms with Gasteiger partial charge in [-0.3, -0.25) is 4.79 Å². The molecule has 0 radical (unpaired) electrons. The number of carboxylic acids is 1. The number of anilines is 2. The topological polar surface area (TPSA) is 91.8 Å². The van der Waals surface area contributed by atoms with E-state index in [9.17, 15) is 19.1 Å². The SMILES string of the molecule is CCn1cc(C(=O)O)c(=O)c2c(N)c(F)c(N3CCN(C)CC3)c(F)c21. The number of rotatable bonds is 3. The third-order valence-electron chi connectivity index (χ3n) is 4.80. The van der Waals surface area contributed by atoms with Crippen LogP contribution < -0.4 is 16.1 Å². The zero-order valence-electron chi connectivity index (χ0n) is 14.6. The number of likely N-dealkylation sites (N-methyl/N-ethyl adjacent to an activating group) is 1. The predicted molar refractivity (Wildman–Crippen MR) is 94.9 cm³/mol. The first-order chi connectivity index (χ1) is 12.3. The third-order valence-corrected chi connectivity index (χ3v) is 4.80. The number of aromatic carboxylic acids is 1. The van der Waals surface area contributed by atoms with Crippen LogP contribution in [0.3, 0.4) is 0 Å². The summed E-state index contributed by atoms with van der Waals surface area (Å²) in [6, 6.07) is 0. The normalized spacial score (nSPS) is 15.6. The molecule has 3 rings (SSSR count). The van der Waals surface area contributed by atoms with Gasteiger partial charge < -0.3 is 25.2 Å². The maximum absolute atomic E-state index is 15.3. The molecule has 0 atom stereocenters. The van der Waals surface area contributed by atoms with E-state index in [0.29, 0.717) is 26.2 Å². The smallest absolute Gasteiger partial charge is 0.341 e. The fraction of sp³-hybridized carbons (Fsp3) is 0.412. The number of nitrogens with two attached hydrogens (primary N) is 1. The average molecular weight is 366 g/mol. The molecular weight excluding hydrogens is 346 g/mol. The highest BCUT2D eigenvalue weighted by atomic mass is 19.1. The molecule has 0 amide bonds. The molecule has 1 aliphatic heterocycles. The quantitative estimate of drug-likeness (QED) is 0.797. The van der Waals surface area contributed by atoms with E-state index in [1.807, 2.05) is 11.9 Å². The molecule has 0 aliphatic carbocycles. The van der Waals surface area contributed by atoms with Crippen molar-refractivity contribution in [3.63, 3.8) is 0 Å². The molecule has 1 aromatic heterocycles. The fourth-order valence-electron chi connectivity index (χ4n) is 3.31. The zero-order chi connectivity index (χ0) is 19.2. The molecular formula is C17H20F2N4O3. The summed E-state index contributed by atoms with van der Waals surface area (Å²) in [5.74, 6) is -3.39. The number of fused-ring (bicyclic) bond motifs is 1. The van der Waals surface area contributed by atoms with Gasteiger partial charge in [0.25, 0.3) is 0 Å². The van der Waals surface area contributed by atoms with Gasteiger partial charge in [0.2, 0.25) is 5.43 Å². The van der Waals surface area contributed by atoms with Crippen LogP contribution >= 0.6 is 0 Å². The van der Waals surface area contributed by atoms with Crippen LogP contribution in [0.1, 0.15) is 17.3 Å². The fourth-order valence-corrected chi connectivity index (χ4v) is 3.31. The summed E-state index contributed by atoms with van der Waals surface area (Å²) in [7, 11) is 1.92. The van der Waals surface area contributed by atoms with Gasteiger partial charge in [-0.15, -0.1) is 0 Å². The molecule has 0 saturated carbocycles. The Bertz CT molecular complexity index is 950. The number of nitrogen functional groups attached to an aromatic ring is 1. The molecule has 1 aliphatic rings. The summed E-state index contributed by atoms with van der Waals surface area (Å²) < 4.78 is 31.5. The standard InChI is InChI=1S/C17H20F2N4O3/c1-3-22-8-9(17(25)26)16(24)10-13(20)11(18)15(12(19)14(10)22)23-6-4-21(2)5-7-23/h8H,3-7,20H2,1-2H3,(H,25,26). The number of pyridine rings is 1. The Labute approximate surface area is 148 Å². The second-order valence-corrected chi connectivity index (χ2v) is 6.37. The molecule has 140 valence electrons. The summed E-state index contributed by atoms with van der Waals surface area (Å²) in [5, 5.41) is 8.77. The lowest BCUT2D eigenvalue weighted by molar-refractivity contribution is 0.0695. The molecule has 1 fully saturated rings. The molecule has 7 nitrogen and oxygen atoms in total. The largest absolute Gasteiger partial charge is 0.477 e. The van der Waals surface area contributed by atoms with E-state index in [1.165, 1.54) is 4.57 Å². The number of piperazine rings is 1. The molecule has 3 N–H and O–H groups in total. The summed E-state index contributed by atoms with van der Waals surface area (Å²) in [5.41, 5.74) is 3.31. The van der Waals surface area contributed by atoms with E-state index < -0.39 is 39.7 Å². The highest BCUT2D eigenvalue weighted by Gasteiger charge is 2.29. The lowest BCUT2D eigenvalue weighted by Gasteiger charge is -2.34. The minimum atomic E-state index is -1.47. The van der Waals surface area contributed by atoms with Crippen LogP contribution in [0.4, 0.5) is 20.2 Å². The summed E-state index contributed by atoms with van der Waals surface area (Å²) in [6.45, 7) is 3.97. The van der Waals surface area contributed by atoms with Crippen molar-refractivity contribution < 1.29 is 18.7 Å². The summed E-state index contributed by atoms with van der Waals surface area (Å²) in [6.07, 6.45) is 1.07. The second-order valence-electron chi connectivity index (χ2n) is 6.37. The van der Waals surface area contributed by atoms with E-state index in [-0.39, 0.29) is 17.7 Å². The van der Waals surface area contributed by atoms with Crippen LogP contribution in [0.5, 0.6) is 0 Å². The number of aromatic nitrogens is 1. The lowest BCUT2D eigenvalue weighted by atomic mass is 10.1. The highest BCUT2D eigenvalue weighted by molar-refractivity contribution is 5.99. The van der Waals surface area contributed by atoms with Crippen molar-refractivity contribution in [3.05, 3.63) is 33.6 Å². The Morgan fingerprint density at radius 2 is 1.85 bits per heavy atom. The van der Waals surface area contributed by atoms with Gasteiger partial charge in [-0.05, 0) is 14.0 Å². The number of benzene rings is 1. The molecule has 0 bridgehead atoms. The molecule has 26 heavy (non-hydrogen) atoms. The molecule has 9 heteroatoms. The van der Waals surface area contributed by atoms with Gasteiger partial charge >= 0.3 is 5.97 Å². The Hall–Kier alpha value is -2.68. The van der Waals surface area contributed by atoms with E-state index >= 15 is 4.39 Å². The number of carboxylic acid groups (broad SMARTS) is 1. The van der Waals surface area contributed by atoms with Gasteiger partial charge in [-0.25, -0.2) is 13.6 Å². The predicted octanol–water partition coefficient (Wildman–Crippen LogP) is 1.33. The minimum Gasteiger partial charge on any atom is -0.477 e. The highest BCUT2D eigenvalue weighted by Crippen LogP contribution is 2.35. The van der Waals surface area contributed by atoms with Crippen LogP contribution in [-0.2, 0) is 6.54 Å². The Balaban J connectivity index is 2.36.